The van der Waals surface area contributed by atoms with Crippen LogP contribution in [0.4, 0.5) is 5.95 Å². The number of H-pyrrole nitrogens is 1. The van der Waals surface area contributed by atoms with Crippen molar-refractivity contribution in [1.82, 2.24) is 20.5 Å². The maximum Gasteiger partial charge on any atom is 0.251 e. The summed E-state index contributed by atoms with van der Waals surface area (Å²) in [5.74, 6) is 1.55. The van der Waals surface area contributed by atoms with Gasteiger partial charge in [0.1, 0.15) is 5.75 Å². The summed E-state index contributed by atoms with van der Waals surface area (Å²) in [5, 5.41) is 10.1. The van der Waals surface area contributed by atoms with E-state index in [0.29, 0.717) is 23.0 Å². The van der Waals surface area contributed by atoms with Gasteiger partial charge in [-0.15, -0.1) is 5.10 Å². The minimum absolute atomic E-state index is 0.134. The fourth-order valence-electron chi connectivity index (χ4n) is 2.40. The summed E-state index contributed by atoms with van der Waals surface area (Å²) < 4.78 is 5.30. The third kappa shape index (κ3) is 4.54. The first kappa shape index (κ1) is 17.8. The normalized spacial score (nSPS) is 10.5. The summed E-state index contributed by atoms with van der Waals surface area (Å²) in [6.45, 7) is 0.401. The van der Waals surface area contributed by atoms with Gasteiger partial charge in [-0.2, -0.15) is 4.98 Å². The van der Waals surface area contributed by atoms with Crippen LogP contribution in [0.5, 0.6) is 5.75 Å². The van der Waals surface area contributed by atoms with Gasteiger partial charge in [-0.05, 0) is 23.8 Å². The van der Waals surface area contributed by atoms with Gasteiger partial charge >= 0.3 is 0 Å². The summed E-state index contributed by atoms with van der Waals surface area (Å²) >= 11 is 1.45. The number of carbonyl (C=O) groups excluding carboxylic acids is 1. The molecule has 0 aliphatic heterocycles. The number of ether oxygens (including phenoxy) is 1. The number of benzene rings is 2. The van der Waals surface area contributed by atoms with Gasteiger partial charge in [-0.3, -0.25) is 4.79 Å². The van der Waals surface area contributed by atoms with Crippen LogP contribution in [-0.4, -0.2) is 28.2 Å². The fraction of sp³-hybridized carbons (Fsp3) is 0.167. The number of methoxy groups -OCH3 is 1. The lowest BCUT2D eigenvalue weighted by molar-refractivity contribution is 0.0950. The summed E-state index contributed by atoms with van der Waals surface area (Å²) in [7, 11) is 1.61. The van der Waals surface area contributed by atoms with E-state index in [2.05, 4.69) is 20.5 Å². The molecule has 0 unspecified atom stereocenters. The molecule has 7 nitrogen and oxygen atoms in total. The Labute approximate surface area is 155 Å². The maximum absolute atomic E-state index is 12.4. The predicted octanol–water partition coefficient (Wildman–Crippen LogP) is 2.62. The van der Waals surface area contributed by atoms with E-state index in [-0.39, 0.29) is 11.9 Å². The SMILES string of the molecule is COc1ccccc1CNC(=O)c1cccc(CSc2n[nH]c(N)n2)c1. The third-order valence-corrected chi connectivity index (χ3v) is 4.59. The van der Waals surface area contributed by atoms with Gasteiger partial charge in [0.05, 0.1) is 7.11 Å². The Hall–Kier alpha value is -3.00. The number of nitrogens with two attached hydrogens (primary N) is 1. The van der Waals surface area contributed by atoms with Crippen LogP contribution in [0.15, 0.2) is 53.7 Å². The van der Waals surface area contributed by atoms with Gasteiger partial charge in [0.25, 0.3) is 5.91 Å². The number of hydrogen-bond acceptors (Lipinski definition) is 6. The van der Waals surface area contributed by atoms with E-state index >= 15 is 0 Å². The Morgan fingerprint density at radius 2 is 2.12 bits per heavy atom. The number of nitrogens with one attached hydrogen (secondary N) is 2. The van der Waals surface area contributed by atoms with E-state index < -0.39 is 0 Å². The molecule has 0 saturated heterocycles. The van der Waals surface area contributed by atoms with E-state index in [1.807, 2.05) is 42.5 Å². The first-order valence-corrected chi connectivity index (χ1v) is 8.94. The summed E-state index contributed by atoms with van der Waals surface area (Å²) in [6.07, 6.45) is 0. The van der Waals surface area contributed by atoms with Crippen molar-refractivity contribution in [3.8, 4) is 5.75 Å². The van der Waals surface area contributed by atoms with E-state index in [1.54, 1.807) is 13.2 Å². The van der Waals surface area contributed by atoms with Crippen molar-refractivity contribution in [2.75, 3.05) is 12.8 Å². The largest absolute Gasteiger partial charge is 0.496 e. The molecule has 1 aromatic heterocycles. The summed E-state index contributed by atoms with van der Waals surface area (Å²) in [6, 6.07) is 15.1. The number of hydrogen-bond donors (Lipinski definition) is 3. The van der Waals surface area contributed by atoms with Crippen molar-refractivity contribution in [1.29, 1.82) is 0 Å². The van der Waals surface area contributed by atoms with E-state index in [1.165, 1.54) is 11.8 Å². The monoisotopic (exact) mass is 369 g/mol. The van der Waals surface area contributed by atoms with Crippen LogP contribution in [0, 0.1) is 0 Å². The smallest absolute Gasteiger partial charge is 0.251 e. The zero-order chi connectivity index (χ0) is 18.4. The molecule has 1 heterocycles. The quantitative estimate of drug-likeness (QED) is 0.553. The average molecular weight is 369 g/mol. The standard InChI is InChI=1S/C18H19N5O2S/c1-25-15-8-3-2-6-14(15)10-20-16(24)13-7-4-5-12(9-13)11-26-18-21-17(19)22-23-18/h2-9H,10-11H2,1H3,(H,20,24)(H3,19,21,22,23). The molecule has 0 radical (unpaired) electrons. The lowest BCUT2D eigenvalue weighted by Gasteiger charge is -2.10. The second kappa shape index (κ2) is 8.39. The highest BCUT2D eigenvalue weighted by molar-refractivity contribution is 7.98. The molecule has 0 bridgehead atoms. The van der Waals surface area contributed by atoms with Crippen LogP contribution in [0.3, 0.4) is 0 Å². The van der Waals surface area contributed by atoms with Crippen LogP contribution in [-0.2, 0) is 12.3 Å². The molecule has 1 amide bonds. The van der Waals surface area contributed by atoms with Gasteiger partial charge < -0.3 is 15.8 Å². The van der Waals surface area contributed by atoms with Gasteiger partial charge in [-0.25, -0.2) is 5.10 Å². The van der Waals surface area contributed by atoms with Crippen LogP contribution in [0.25, 0.3) is 0 Å². The Bertz CT molecular complexity index is 897. The summed E-state index contributed by atoms with van der Waals surface area (Å²) in [5.41, 5.74) is 8.04. The first-order chi connectivity index (χ1) is 12.7. The molecule has 0 saturated carbocycles. The zero-order valence-electron chi connectivity index (χ0n) is 14.2. The Morgan fingerprint density at radius 3 is 2.88 bits per heavy atom. The number of carbonyl (C=O) groups is 1. The zero-order valence-corrected chi connectivity index (χ0v) is 15.0. The van der Waals surface area contributed by atoms with Crippen molar-refractivity contribution in [2.45, 2.75) is 17.5 Å². The molecule has 0 spiro atoms. The Morgan fingerprint density at radius 1 is 1.27 bits per heavy atom. The second-order valence-corrected chi connectivity index (χ2v) is 6.43. The van der Waals surface area contributed by atoms with Crippen molar-refractivity contribution in [2.24, 2.45) is 0 Å². The minimum Gasteiger partial charge on any atom is -0.496 e. The predicted molar refractivity (Wildman–Crippen MR) is 101 cm³/mol. The molecule has 0 aliphatic rings. The average Bonchev–Trinajstić information content (AvgIpc) is 3.10. The number of aromatic amines is 1. The third-order valence-electron chi connectivity index (χ3n) is 3.67. The lowest BCUT2D eigenvalue weighted by atomic mass is 10.1. The highest BCUT2D eigenvalue weighted by atomic mass is 32.2. The molecule has 8 heteroatoms. The van der Waals surface area contributed by atoms with Crippen LogP contribution in [0.2, 0.25) is 0 Å². The Kier molecular flexibility index (Phi) is 5.75. The Balaban J connectivity index is 1.60. The number of nitrogen functional groups attached to an aromatic ring is 1. The van der Waals surface area contributed by atoms with Gasteiger partial charge in [0, 0.05) is 23.4 Å². The molecule has 2 aromatic carbocycles. The number of para-hydroxylation sites is 1. The molecule has 0 fully saturated rings. The van der Waals surface area contributed by atoms with Crippen molar-refractivity contribution in [3.63, 3.8) is 0 Å². The number of rotatable bonds is 7. The number of amides is 1. The van der Waals surface area contributed by atoms with Crippen LogP contribution < -0.4 is 15.8 Å². The molecule has 0 atom stereocenters. The van der Waals surface area contributed by atoms with Crippen molar-refractivity contribution >= 4 is 23.6 Å². The van der Waals surface area contributed by atoms with Crippen LogP contribution in [0.1, 0.15) is 21.5 Å². The maximum atomic E-state index is 12.4. The van der Waals surface area contributed by atoms with Gasteiger partial charge in [-0.1, -0.05) is 42.1 Å². The lowest BCUT2D eigenvalue weighted by Crippen LogP contribution is -2.23. The van der Waals surface area contributed by atoms with Crippen molar-refractivity contribution in [3.05, 3.63) is 65.2 Å². The molecule has 0 aliphatic carbocycles. The molecule has 3 rings (SSSR count). The first-order valence-electron chi connectivity index (χ1n) is 7.95. The van der Waals surface area contributed by atoms with E-state index in [4.69, 9.17) is 10.5 Å². The molecular formula is C18H19N5O2S. The van der Waals surface area contributed by atoms with E-state index in [0.717, 1.165) is 16.9 Å². The highest BCUT2D eigenvalue weighted by Crippen LogP contribution is 2.20. The van der Waals surface area contributed by atoms with Crippen LogP contribution >= 0.6 is 11.8 Å². The number of thioether (sulfide) groups is 1. The minimum atomic E-state index is -0.134. The van der Waals surface area contributed by atoms with Gasteiger partial charge in [0.2, 0.25) is 11.1 Å². The number of anilines is 1. The number of aromatic nitrogens is 3. The highest BCUT2D eigenvalue weighted by Gasteiger charge is 2.09. The second-order valence-electron chi connectivity index (χ2n) is 5.49. The van der Waals surface area contributed by atoms with E-state index in [9.17, 15) is 4.79 Å². The van der Waals surface area contributed by atoms with Crippen molar-refractivity contribution < 1.29 is 9.53 Å². The molecule has 134 valence electrons. The van der Waals surface area contributed by atoms with Gasteiger partial charge in [0.15, 0.2) is 0 Å². The number of nitrogens with zero attached hydrogens (tertiary/aromatic N) is 2. The fourth-order valence-corrected chi connectivity index (χ4v) is 3.15. The topological polar surface area (TPSA) is 106 Å². The molecule has 4 N–H and O–H groups in total. The molecule has 3 aromatic rings. The molecular weight excluding hydrogens is 350 g/mol. The molecule has 26 heavy (non-hydrogen) atoms. The summed E-state index contributed by atoms with van der Waals surface area (Å²) in [4.78, 5) is 16.5.